The van der Waals surface area contributed by atoms with Gasteiger partial charge >= 0.3 is 0 Å². The molecule has 20 heavy (non-hydrogen) atoms. The second-order valence-corrected chi connectivity index (χ2v) is 6.03. The third-order valence-corrected chi connectivity index (χ3v) is 4.45. The lowest BCUT2D eigenvalue weighted by atomic mass is 10.0. The summed E-state index contributed by atoms with van der Waals surface area (Å²) in [6.07, 6.45) is 8.17. The van der Waals surface area contributed by atoms with Crippen LogP contribution in [0.2, 0.25) is 0 Å². The van der Waals surface area contributed by atoms with Crippen LogP contribution in [0.3, 0.4) is 0 Å². The maximum Gasteiger partial charge on any atom is 0.240 e. The number of likely N-dealkylation sites (N-methyl/N-ethyl adjacent to an activating group) is 1. The Morgan fingerprint density at radius 1 is 1.50 bits per heavy atom. The summed E-state index contributed by atoms with van der Waals surface area (Å²) in [6.45, 7) is 6.66. The van der Waals surface area contributed by atoms with Crippen molar-refractivity contribution in [2.24, 2.45) is 5.92 Å². The van der Waals surface area contributed by atoms with E-state index in [1.54, 1.807) is 0 Å². The molecule has 0 aromatic rings. The highest BCUT2D eigenvalue weighted by molar-refractivity contribution is 5.80. The average molecular weight is 279 g/mol. The molecule has 4 nitrogen and oxygen atoms in total. The van der Waals surface area contributed by atoms with Gasteiger partial charge in [-0.2, -0.15) is 0 Å². The second-order valence-electron chi connectivity index (χ2n) is 6.03. The van der Waals surface area contributed by atoms with Crippen LogP contribution in [-0.2, 0) is 4.79 Å². The molecule has 114 valence electrons. The average Bonchev–Trinajstić information content (AvgIpc) is 2.88. The molecule has 4 heteroatoms. The molecule has 0 radical (unpaired) electrons. The van der Waals surface area contributed by atoms with Crippen molar-refractivity contribution < 1.29 is 4.79 Å². The van der Waals surface area contributed by atoms with E-state index in [4.69, 9.17) is 0 Å². The van der Waals surface area contributed by atoms with Gasteiger partial charge in [0, 0.05) is 18.8 Å². The molecule has 1 atom stereocenters. The van der Waals surface area contributed by atoms with Crippen molar-refractivity contribution in [3.05, 3.63) is 11.8 Å². The Morgan fingerprint density at radius 3 is 3.00 bits per heavy atom. The van der Waals surface area contributed by atoms with Crippen molar-refractivity contribution in [3.8, 4) is 0 Å². The zero-order chi connectivity index (χ0) is 14.4. The molecule has 1 amide bonds. The molecular weight excluding hydrogens is 250 g/mol. The van der Waals surface area contributed by atoms with Crippen molar-refractivity contribution in [1.29, 1.82) is 0 Å². The molecule has 0 saturated carbocycles. The number of carbonyl (C=O) groups is 1. The van der Waals surface area contributed by atoms with E-state index in [9.17, 15) is 4.79 Å². The number of likely N-dealkylation sites (tertiary alicyclic amines) is 1. The van der Waals surface area contributed by atoms with Crippen LogP contribution in [-0.4, -0.2) is 55.5 Å². The molecule has 1 N–H and O–H groups in total. The number of allylic oxidation sites excluding steroid dienone is 2. The Kier molecular flexibility index (Phi) is 6.05. The highest BCUT2D eigenvalue weighted by Gasteiger charge is 2.26. The first-order valence-electron chi connectivity index (χ1n) is 8.11. The number of hydrogen-bond acceptors (Lipinski definition) is 3. The van der Waals surface area contributed by atoms with Gasteiger partial charge in [0.15, 0.2) is 0 Å². The van der Waals surface area contributed by atoms with Crippen molar-refractivity contribution in [3.63, 3.8) is 0 Å². The third-order valence-electron chi connectivity index (χ3n) is 4.45. The Labute approximate surface area is 123 Å². The predicted octanol–water partition coefficient (Wildman–Crippen LogP) is 1.83. The second kappa shape index (κ2) is 7.79. The number of rotatable bonds is 6. The van der Waals surface area contributed by atoms with Crippen LogP contribution >= 0.6 is 0 Å². The summed E-state index contributed by atoms with van der Waals surface area (Å²) in [7, 11) is 2.00. The van der Waals surface area contributed by atoms with Gasteiger partial charge in [-0.15, -0.1) is 0 Å². The Balaban J connectivity index is 1.85. The van der Waals surface area contributed by atoms with Crippen molar-refractivity contribution in [2.75, 3.05) is 39.8 Å². The van der Waals surface area contributed by atoms with Crippen molar-refractivity contribution >= 4 is 5.91 Å². The molecule has 1 aliphatic carbocycles. The molecule has 1 aliphatic heterocycles. The fourth-order valence-electron chi connectivity index (χ4n) is 3.39. The lowest BCUT2D eigenvalue weighted by Gasteiger charge is -2.28. The van der Waals surface area contributed by atoms with Gasteiger partial charge < -0.3 is 10.2 Å². The van der Waals surface area contributed by atoms with Crippen LogP contribution in [0.25, 0.3) is 0 Å². The van der Waals surface area contributed by atoms with Gasteiger partial charge in [0.25, 0.3) is 0 Å². The fourth-order valence-corrected chi connectivity index (χ4v) is 3.39. The van der Waals surface area contributed by atoms with Gasteiger partial charge in [-0.1, -0.05) is 6.08 Å². The molecule has 1 fully saturated rings. The highest BCUT2D eigenvalue weighted by Crippen LogP contribution is 2.22. The lowest BCUT2D eigenvalue weighted by molar-refractivity contribution is -0.130. The van der Waals surface area contributed by atoms with Crippen molar-refractivity contribution in [2.45, 2.75) is 39.0 Å². The minimum absolute atomic E-state index is 0.283. The maximum atomic E-state index is 12.5. The topological polar surface area (TPSA) is 35.6 Å². The summed E-state index contributed by atoms with van der Waals surface area (Å²) in [4.78, 5) is 16.8. The summed E-state index contributed by atoms with van der Waals surface area (Å²) in [5, 5.41) is 3.24. The summed E-state index contributed by atoms with van der Waals surface area (Å²) in [5.74, 6) is 0.988. The maximum absolute atomic E-state index is 12.5. The number of nitrogens with one attached hydrogen (secondary N) is 1. The first-order valence-corrected chi connectivity index (χ1v) is 8.11. The number of hydrogen-bond donors (Lipinski definition) is 1. The smallest absolute Gasteiger partial charge is 0.240 e. The summed E-state index contributed by atoms with van der Waals surface area (Å²) in [6, 6.07) is 0. The van der Waals surface area contributed by atoms with E-state index in [1.807, 2.05) is 11.9 Å². The van der Waals surface area contributed by atoms with E-state index >= 15 is 0 Å². The molecule has 2 rings (SSSR count). The molecule has 2 aliphatic rings. The number of nitrogens with zero attached hydrogens (tertiary/aromatic N) is 2. The standard InChI is InChI=1S/C16H29N3O/c1-3-19(15-7-5-4-6-8-15)16(20)13-18-10-9-14(12-18)11-17-2/h7,14,17H,3-6,8-13H2,1-2H3. The molecule has 1 unspecified atom stereocenters. The van der Waals surface area contributed by atoms with Crippen LogP contribution in [0, 0.1) is 5.92 Å². The van der Waals surface area contributed by atoms with E-state index in [-0.39, 0.29) is 5.91 Å². The Morgan fingerprint density at radius 2 is 2.35 bits per heavy atom. The van der Waals surface area contributed by atoms with Gasteiger partial charge in [-0.05, 0) is 65.1 Å². The molecule has 1 saturated heterocycles. The third kappa shape index (κ3) is 4.06. The molecule has 0 spiro atoms. The molecule has 0 aromatic carbocycles. The van der Waals surface area contributed by atoms with Crippen LogP contribution < -0.4 is 5.32 Å². The number of carbonyl (C=O) groups excluding carboxylic acids is 1. The van der Waals surface area contributed by atoms with Crippen LogP contribution in [0.5, 0.6) is 0 Å². The van der Waals surface area contributed by atoms with Gasteiger partial charge in [-0.3, -0.25) is 9.69 Å². The van der Waals surface area contributed by atoms with Crippen LogP contribution in [0.4, 0.5) is 0 Å². The molecular formula is C16H29N3O. The summed E-state index contributed by atoms with van der Waals surface area (Å²) < 4.78 is 0. The Hall–Kier alpha value is -0.870. The van der Waals surface area contributed by atoms with Gasteiger partial charge in [0.1, 0.15) is 0 Å². The largest absolute Gasteiger partial charge is 0.319 e. The minimum Gasteiger partial charge on any atom is -0.319 e. The van der Waals surface area contributed by atoms with E-state index in [2.05, 4.69) is 23.2 Å². The monoisotopic (exact) mass is 279 g/mol. The van der Waals surface area contributed by atoms with E-state index in [0.29, 0.717) is 12.5 Å². The molecule has 1 heterocycles. The number of amides is 1. The lowest BCUT2D eigenvalue weighted by Crippen LogP contribution is -2.39. The highest BCUT2D eigenvalue weighted by atomic mass is 16.2. The van der Waals surface area contributed by atoms with Gasteiger partial charge in [0.05, 0.1) is 6.54 Å². The zero-order valence-electron chi connectivity index (χ0n) is 13.0. The first-order chi connectivity index (χ1) is 9.74. The van der Waals surface area contributed by atoms with E-state index < -0.39 is 0 Å². The van der Waals surface area contributed by atoms with E-state index in [1.165, 1.54) is 25.0 Å². The SMILES string of the molecule is CCN(C(=O)CN1CCC(CNC)C1)C1=CCCCC1. The Bertz CT molecular complexity index is 354. The molecule has 0 bridgehead atoms. The minimum atomic E-state index is 0.283. The zero-order valence-corrected chi connectivity index (χ0v) is 13.0. The van der Waals surface area contributed by atoms with E-state index in [0.717, 1.165) is 39.0 Å². The predicted molar refractivity (Wildman–Crippen MR) is 82.4 cm³/mol. The fraction of sp³-hybridized carbons (Fsp3) is 0.812. The van der Waals surface area contributed by atoms with Crippen molar-refractivity contribution in [1.82, 2.24) is 15.1 Å². The van der Waals surface area contributed by atoms with Crippen LogP contribution in [0.15, 0.2) is 11.8 Å². The molecule has 0 aromatic heterocycles. The summed E-state index contributed by atoms with van der Waals surface area (Å²) >= 11 is 0. The van der Waals surface area contributed by atoms with Gasteiger partial charge in [-0.25, -0.2) is 0 Å². The first kappa shape index (κ1) is 15.5. The summed E-state index contributed by atoms with van der Waals surface area (Å²) in [5.41, 5.74) is 1.26. The van der Waals surface area contributed by atoms with Crippen LogP contribution in [0.1, 0.15) is 39.0 Å². The van der Waals surface area contributed by atoms with Gasteiger partial charge in [0.2, 0.25) is 5.91 Å². The quantitative estimate of drug-likeness (QED) is 0.806. The normalized spacial score (nSPS) is 23.7.